The van der Waals surface area contributed by atoms with E-state index in [-0.39, 0.29) is 29.9 Å². The zero-order valence-corrected chi connectivity index (χ0v) is 16.8. The molecule has 4 rings (SSSR count). The largest absolute Gasteiger partial charge is 0.450 e. The summed E-state index contributed by atoms with van der Waals surface area (Å²) in [6.07, 6.45) is 0. The fourth-order valence-corrected chi connectivity index (χ4v) is 4.03. The van der Waals surface area contributed by atoms with Gasteiger partial charge in [-0.2, -0.15) is 0 Å². The molecule has 2 aromatic carbocycles. The van der Waals surface area contributed by atoms with E-state index in [1.54, 1.807) is 36.4 Å². The number of amides is 1. The van der Waals surface area contributed by atoms with Crippen LogP contribution in [0.25, 0.3) is 11.0 Å². The average molecular weight is 469 g/mol. The molecule has 0 fully saturated rings. The number of rotatable bonds is 3. The standard InChI is InChI=1S/C19H12BrCl2NO4/c20-10-2-4-14-11(8-10)17(25)15-16(9-1-3-12(21)13(22)7-9)23(5-6-24)19(26)18(15)27-14/h1-4,7-8,16,24H,5-6H2. The molecule has 1 aromatic heterocycles. The molecule has 1 atom stereocenters. The molecule has 0 bridgehead atoms. The van der Waals surface area contributed by atoms with E-state index in [4.69, 9.17) is 27.6 Å². The number of nitrogens with zero attached hydrogens (tertiary/aromatic N) is 1. The first-order valence-corrected chi connectivity index (χ1v) is 9.60. The SMILES string of the molecule is O=C1c2oc3ccc(Br)cc3c(=O)c2C(c2ccc(Cl)c(Cl)c2)N1CCO. The summed E-state index contributed by atoms with van der Waals surface area (Å²) in [5.74, 6) is -0.462. The highest BCUT2D eigenvalue weighted by Crippen LogP contribution is 2.39. The van der Waals surface area contributed by atoms with Crippen molar-refractivity contribution in [1.29, 1.82) is 0 Å². The van der Waals surface area contributed by atoms with Gasteiger partial charge in [0.15, 0.2) is 5.43 Å². The van der Waals surface area contributed by atoms with Crippen molar-refractivity contribution in [2.75, 3.05) is 13.2 Å². The Balaban J connectivity index is 2.02. The van der Waals surface area contributed by atoms with Crippen LogP contribution in [0.3, 0.4) is 0 Å². The number of fused-ring (bicyclic) bond motifs is 2. The molecule has 1 aliphatic heterocycles. The minimum Gasteiger partial charge on any atom is -0.450 e. The number of aliphatic hydroxyl groups excluding tert-OH is 1. The van der Waals surface area contributed by atoms with Crippen molar-refractivity contribution < 1.29 is 14.3 Å². The Bertz CT molecular complexity index is 1140. The molecular weight excluding hydrogens is 457 g/mol. The van der Waals surface area contributed by atoms with Gasteiger partial charge < -0.3 is 14.4 Å². The Labute approximate surface area is 172 Å². The molecule has 1 N–H and O–H groups in total. The lowest BCUT2D eigenvalue weighted by Crippen LogP contribution is -2.32. The zero-order chi connectivity index (χ0) is 19.3. The Morgan fingerprint density at radius 1 is 1.11 bits per heavy atom. The fourth-order valence-electron chi connectivity index (χ4n) is 3.36. The molecule has 27 heavy (non-hydrogen) atoms. The molecule has 0 radical (unpaired) electrons. The van der Waals surface area contributed by atoms with Crippen LogP contribution in [0.4, 0.5) is 0 Å². The number of halogens is 3. The first kappa shape index (κ1) is 18.5. The second-order valence-corrected chi connectivity index (χ2v) is 7.84. The quantitative estimate of drug-likeness (QED) is 0.618. The van der Waals surface area contributed by atoms with Crippen LogP contribution in [0.2, 0.25) is 10.0 Å². The van der Waals surface area contributed by atoms with E-state index in [1.165, 1.54) is 4.90 Å². The molecule has 0 aliphatic carbocycles. The van der Waals surface area contributed by atoms with Crippen molar-refractivity contribution in [2.45, 2.75) is 6.04 Å². The minimum atomic E-state index is -0.714. The predicted octanol–water partition coefficient (Wildman–Crippen LogP) is 4.40. The normalized spacial score (nSPS) is 16.2. The second-order valence-electron chi connectivity index (χ2n) is 6.11. The van der Waals surface area contributed by atoms with Crippen molar-refractivity contribution >= 4 is 56.0 Å². The Morgan fingerprint density at radius 3 is 2.59 bits per heavy atom. The molecule has 8 heteroatoms. The number of benzene rings is 2. The summed E-state index contributed by atoms with van der Waals surface area (Å²) in [6.45, 7) is -0.204. The van der Waals surface area contributed by atoms with Crippen LogP contribution in [-0.4, -0.2) is 29.1 Å². The van der Waals surface area contributed by atoms with Crippen LogP contribution < -0.4 is 5.43 Å². The van der Waals surface area contributed by atoms with Crippen molar-refractivity contribution in [2.24, 2.45) is 0 Å². The Hall–Kier alpha value is -1.86. The van der Waals surface area contributed by atoms with Gasteiger partial charge in [-0.1, -0.05) is 45.2 Å². The van der Waals surface area contributed by atoms with Gasteiger partial charge >= 0.3 is 0 Å². The maximum atomic E-state index is 13.2. The average Bonchev–Trinajstić information content (AvgIpc) is 2.91. The number of aliphatic hydroxyl groups is 1. The molecule has 1 unspecified atom stereocenters. The van der Waals surface area contributed by atoms with E-state index in [9.17, 15) is 14.7 Å². The molecule has 1 aliphatic rings. The molecule has 0 saturated carbocycles. The maximum absolute atomic E-state index is 13.2. The molecule has 0 spiro atoms. The van der Waals surface area contributed by atoms with E-state index in [2.05, 4.69) is 15.9 Å². The number of hydrogen-bond acceptors (Lipinski definition) is 4. The third kappa shape index (κ3) is 2.97. The van der Waals surface area contributed by atoms with Gasteiger partial charge in [0.1, 0.15) is 5.58 Å². The third-order valence-corrected chi connectivity index (χ3v) is 5.76. The first-order chi connectivity index (χ1) is 12.9. The van der Waals surface area contributed by atoms with Crippen LogP contribution in [0, 0.1) is 0 Å². The van der Waals surface area contributed by atoms with Gasteiger partial charge in [-0.05, 0) is 35.9 Å². The lowest BCUT2D eigenvalue weighted by Gasteiger charge is -2.24. The summed E-state index contributed by atoms with van der Waals surface area (Å²) in [5, 5.41) is 10.5. The number of carbonyl (C=O) groups is 1. The minimum absolute atomic E-state index is 0.0145. The van der Waals surface area contributed by atoms with Crippen LogP contribution in [0.15, 0.2) is 50.1 Å². The van der Waals surface area contributed by atoms with Gasteiger partial charge in [0, 0.05) is 11.0 Å². The van der Waals surface area contributed by atoms with Gasteiger partial charge in [0.05, 0.1) is 33.6 Å². The van der Waals surface area contributed by atoms with Gasteiger partial charge in [-0.15, -0.1) is 0 Å². The Morgan fingerprint density at radius 2 is 1.89 bits per heavy atom. The molecule has 0 saturated heterocycles. The fraction of sp³-hybridized carbons (Fsp3) is 0.158. The molecule has 1 amide bonds. The summed E-state index contributed by atoms with van der Waals surface area (Å²) >= 11 is 15.5. The number of carbonyl (C=O) groups excluding carboxylic acids is 1. The highest BCUT2D eigenvalue weighted by molar-refractivity contribution is 9.10. The van der Waals surface area contributed by atoms with Crippen molar-refractivity contribution in [3.8, 4) is 0 Å². The van der Waals surface area contributed by atoms with Gasteiger partial charge in [-0.25, -0.2) is 0 Å². The van der Waals surface area contributed by atoms with Crippen LogP contribution >= 0.6 is 39.1 Å². The van der Waals surface area contributed by atoms with Crippen LogP contribution in [0.5, 0.6) is 0 Å². The van der Waals surface area contributed by atoms with Gasteiger partial charge in [0.25, 0.3) is 5.91 Å². The van der Waals surface area contributed by atoms with E-state index in [1.807, 2.05) is 0 Å². The topological polar surface area (TPSA) is 70.8 Å². The summed E-state index contributed by atoms with van der Waals surface area (Å²) in [5.41, 5.74) is 0.885. The monoisotopic (exact) mass is 467 g/mol. The van der Waals surface area contributed by atoms with Gasteiger partial charge in [0.2, 0.25) is 5.76 Å². The molecular formula is C19H12BrCl2NO4. The highest BCUT2D eigenvalue weighted by atomic mass is 79.9. The summed E-state index contributed by atoms with van der Waals surface area (Å²) in [7, 11) is 0. The summed E-state index contributed by atoms with van der Waals surface area (Å²) in [4.78, 5) is 27.5. The number of β-amino-alcohol motifs (C(OH)–C–C–N with tert-alkyl or cyclic N) is 1. The van der Waals surface area contributed by atoms with Crippen molar-refractivity contribution in [1.82, 2.24) is 4.90 Å². The van der Waals surface area contributed by atoms with Crippen LogP contribution in [0.1, 0.15) is 27.7 Å². The lowest BCUT2D eigenvalue weighted by atomic mass is 9.98. The molecule has 3 aromatic rings. The van der Waals surface area contributed by atoms with Crippen molar-refractivity contribution in [3.05, 3.63) is 78.0 Å². The number of hydrogen-bond donors (Lipinski definition) is 1. The first-order valence-electron chi connectivity index (χ1n) is 8.05. The summed E-state index contributed by atoms with van der Waals surface area (Å²) in [6, 6.07) is 9.25. The highest BCUT2D eigenvalue weighted by Gasteiger charge is 2.42. The predicted molar refractivity (Wildman–Crippen MR) is 107 cm³/mol. The molecule has 138 valence electrons. The lowest BCUT2D eigenvalue weighted by molar-refractivity contribution is 0.0691. The van der Waals surface area contributed by atoms with E-state index >= 15 is 0 Å². The maximum Gasteiger partial charge on any atom is 0.290 e. The molecule has 2 heterocycles. The third-order valence-electron chi connectivity index (χ3n) is 4.53. The smallest absolute Gasteiger partial charge is 0.290 e. The van der Waals surface area contributed by atoms with Crippen LogP contribution in [-0.2, 0) is 0 Å². The zero-order valence-electron chi connectivity index (χ0n) is 13.7. The second kappa shape index (κ2) is 6.95. The Kier molecular flexibility index (Phi) is 4.76. The van der Waals surface area contributed by atoms with E-state index in [0.717, 1.165) is 4.47 Å². The van der Waals surface area contributed by atoms with Crippen molar-refractivity contribution in [3.63, 3.8) is 0 Å². The molecule has 5 nitrogen and oxygen atoms in total. The summed E-state index contributed by atoms with van der Waals surface area (Å²) < 4.78 is 6.51. The van der Waals surface area contributed by atoms with E-state index in [0.29, 0.717) is 26.6 Å². The van der Waals surface area contributed by atoms with Gasteiger partial charge in [-0.3, -0.25) is 9.59 Å². The van der Waals surface area contributed by atoms with E-state index < -0.39 is 11.9 Å².